The number of aryl methyl sites for hydroxylation is 1. The molecule has 0 aliphatic heterocycles. The highest BCUT2D eigenvalue weighted by atomic mass is 16.5. The maximum Gasteiger partial charge on any atom is 0.324 e. The molecule has 0 radical (unpaired) electrons. The van der Waals surface area contributed by atoms with Crippen molar-refractivity contribution in [3.8, 4) is 17.2 Å². The van der Waals surface area contributed by atoms with E-state index in [4.69, 9.17) is 14.6 Å². The number of amides is 3. The van der Waals surface area contributed by atoms with Crippen molar-refractivity contribution in [3.05, 3.63) is 83.7 Å². The Hall–Kier alpha value is -4.70. The van der Waals surface area contributed by atoms with Crippen molar-refractivity contribution in [2.24, 2.45) is 0 Å². The van der Waals surface area contributed by atoms with Crippen molar-refractivity contribution in [1.29, 1.82) is 0 Å². The van der Waals surface area contributed by atoms with E-state index < -0.39 is 0 Å². The van der Waals surface area contributed by atoms with Gasteiger partial charge in [0.2, 0.25) is 0 Å². The van der Waals surface area contributed by atoms with Gasteiger partial charge in [0.15, 0.2) is 0 Å². The van der Waals surface area contributed by atoms with E-state index in [1.54, 1.807) is 29.1 Å². The Kier molecular flexibility index (Phi) is 9.82. The second-order valence-electron chi connectivity index (χ2n) is 11.5. The summed E-state index contributed by atoms with van der Waals surface area (Å²) in [6.07, 6.45) is 2.43. The molecule has 1 unspecified atom stereocenters. The fourth-order valence-corrected chi connectivity index (χ4v) is 4.30. The minimum Gasteiger partial charge on any atom is -0.457 e. The molecular formula is C33H40N6O4. The van der Waals surface area contributed by atoms with E-state index in [-0.39, 0.29) is 29.9 Å². The van der Waals surface area contributed by atoms with Gasteiger partial charge in [-0.1, -0.05) is 52.3 Å². The van der Waals surface area contributed by atoms with Crippen LogP contribution in [0, 0.1) is 6.92 Å². The third-order valence-electron chi connectivity index (χ3n) is 6.91. The van der Waals surface area contributed by atoms with Crippen molar-refractivity contribution < 1.29 is 19.1 Å². The molecule has 4 aromatic rings. The molecule has 4 rings (SSSR count). The van der Waals surface area contributed by atoms with E-state index in [1.807, 2.05) is 49.4 Å². The number of carbonyl (C=O) groups excluding carboxylic acids is 2. The minimum atomic E-state index is -0.386. The smallest absolute Gasteiger partial charge is 0.324 e. The second kappa shape index (κ2) is 13.5. The molecule has 1 atom stereocenters. The summed E-state index contributed by atoms with van der Waals surface area (Å²) < 4.78 is 12.8. The summed E-state index contributed by atoms with van der Waals surface area (Å²) in [5, 5.41) is 13.4. The first-order chi connectivity index (χ1) is 20.5. The van der Waals surface area contributed by atoms with Crippen LogP contribution in [0.4, 0.5) is 22.1 Å². The summed E-state index contributed by atoms with van der Waals surface area (Å²) in [6, 6.07) is 18.4. The molecule has 0 aliphatic carbocycles. The Balaban J connectivity index is 1.54. The molecule has 0 saturated heterocycles. The SMILES string of the molecule is CCC(C)c1cc(NC(=O)Nc2cc(C(C)(C)C)nn2-c2ccc(C)cc2)ccc1Oc1ccnc(NC(=O)COC)c1. The van der Waals surface area contributed by atoms with Gasteiger partial charge in [-0.05, 0) is 61.2 Å². The summed E-state index contributed by atoms with van der Waals surface area (Å²) in [7, 11) is 1.45. The molecule has 3 amide bonds. The quantitative estimate of drug-likeness (QED) is 0.179. The van der Waals surface area contributed by atoms with Gasteiger partial charge >= 0.3 is 6.03 Å². The van der Waals surface area contributed by atoms with Crippen LogP contribution in [-0.4, -0.2) is 40.4 Å². The van der Waals surface area contributed by atoms with Crippen LogP contribution in [0.1, 0.15) is 63.8 Å². The van der Waals surface area contributed by atoms with E-state index >= 15 is 0 Å². The van der Waals surface area contributed by atoms with Crippen molar-refractivity contribution >= 4 is 29.3 Å². The number of nitrogens with one attached hydrogen (secondary N) is 3. The van der Waals surface area contributed by atoms with E-state index in [0.29, 0.717) is 28.8 Å². The number of rotatable bonds is 10. The zero-order valence-electron chi connectivity index (χ0n) is 25.8. The van der Waals surface area contributed by atoms with Gasteiger partial charge in [-0.3, -0.25) is 10.1 Å². The van der Waals surface area contributed by atoms with Gasteiger partial charge < -0.3 is 20.1 Å². The largest absolute Gasteiger partial charge is 0.457 e. The summed E-state index contributed by atoms with van der Waals surface area (Å²) >= 11 is 0. The average Bonchev–Trinajstić information content (AvgIpc) is 3.38. The zero-order valence-corrected chi connectivity index (χ0v) is 25.8. The van der Waals surface area contributed by atoms with E-state index in [0.717, 1.165) is 28.9 Å². The standard InChI is InChI=1S/C33H40N6O4/c1-8-22(3)26-17-23(11-14-27(26)43-25-15-16-34-29(18-25)36-31(40)20-42-7)35-32(41)37-30-19-28(33(4,5)6)38-39(30)24-12-9-21(2)10-13-24/h9-19,22H,8,20H2,1-7H3,(H,34,36,40)(H2,35,37,41). The molecule has 10 nitrogen and oxygen atoms in total. The Morgan fingerprint density at radius 3 is 2.40 bits per heavy atom. The number of hydrogen-bond donors (Lipinski definition) is 3. The van der Waals surface area contributed by atoms with Crippen molar-refractivity contribution in [3.63, 3.8) is 0 Å². The Morgan fingerprint density at radius 1 is 0.977 bits per heavy atom. The van der Waals surface area contributed by atoms with E-state index in [9.17, 15) is 9.59 Å². The third-order valence-corrected chi connectivity index (χ3v) is 6.91. The zero-order chi connectivity index (χ0) is 31.1. The monoisotopic (exact) mass is 584 g/mol. The molecule has 2 aromatic heterocycles. The summed E-state index contributed by atoms with van der Waals surface area (Å²) in [4.78, 5) is 29.3. The van der Waals surface area contributed by atoms with Gasteiger partial charge in [-0.2, -0.15) is 5.10 Å². The number of ether oxygens (including phenoxy) is 2. The molecule has 3 N–H and O–H groups in total. The molecular weight excluding hydrogens is 544 g/mol. The summed E-state index contributed by atoms with van der Waals surface area (Å²) in [5.74, 6) is 1.94. The predicted octanol–water partition coefficient (Wildman–Crippen LogP) is 7.41. The molecule has 0 fully saturated rings. The van der Waals surface area contributed by atoms with Crippen molar-refractivity contribution in [2.45, 2.75) is 59.3 Å². The highest BCUT2D eigenvalue weighted by molar-refractivity contribution is 5.99. The number of pyridine rings is 1. The molecule has 0 bridgehead atoms. The maximum atomic E-state index is 13.2. The summed E-state index contributed by atoms with van der Waals surface area (Å²) in [5.41, 5.74) is 4.22. The normalized spacial score (nSPS) is 12.0. The summed E-state index contributed by atoms with van der Waals surface area (Å²) in [6.45, 7) is 12.4. The molecule has 43 heavy (non-hydrogen) atoms. The number of nitrogens with zero attached hydrogens (tertiary/aromatic N) is 3. The van der Waals surface area contributed by atoms with Gasteiger partial charge in [-0.15, -0.1) is 0 Å². The number of carbonyl (C=O) groups is 2. The second-order valence-corrected chi connectivity index (χ2v) is 11.5. The lowest BCUT2D eigenvalue weighted by Gasteiger charge is -2.18. The van der Waals surface area contributed by atoms with Crippen molar-refractivity contribution in [1.82, 2.24) is 14.8 Å². The molecule has 0 aliphatic rings. The number of anilines is 3. The van der Waals surface area contributed by atoms with Gasteiger partial charge in [0, 0.05) is 36.5 Å². The van der Waals surface area contributed by atoms with Crippen LogP contribution >= 0.6 is 0 Å². The number of methoxy groups -OCH3 is 1. The highest BCUT2D eigenvalue weighted by Crippen LogP contribution is 2.35. The first-order valence-electron chi connectivity index (χ1n) is 14.3. The third kappa shape index (κ3) is 8.20. The lowest BCUT2D eigenvalue weighted by Crippen LogP contribution is -2.21. The van der Waals surface area contributed by atoms with E-state index in [2.05, 4.69) is 55.6 Å². The van der Waals surface area contributed by atoms with Crippen LogP contribution in [0.25, 0.3) is 5.69 Å². The fraction of sp³-hybridized carbons (Fsp3) is 0.333. The minimum absolute atomic E-state index is 0.0704. The molecule has 2 heterocycles. The van der Waals surface area contributed by atoms with Gasteiger partial charge in [0.25, 0.3) is 5.91 Å². The predicted molar refractivity (Wildman–Crippen MR) is 170 cm³/mol. The first-order valence-corrected chi connectivity index (χ1v) is 14.3. The number of benzene rings is 2. The molecule has 0 saturated carbocycles. The lowest BCUT2D eigenvalue weighted by molar-refractivity contribution is -0.119. The first kappa shape index (κ1) is 31.2. The van der Waals surface area contributed by atoms with Gasteiger partial charge in [-0.25, -0.2) is 14.5 Å². The van der Waals surface area contributed by atoms with Gasteiger partial charge in [0.1, 0.15) is 29.7 Å². The van der Waals surface area contributed by atoms with E-state index in [1.165, 1.54) is 7.11 Å². The Morgan fingerprint density at radius 2 is 1.72 bits per heavy atom. The van der Waals surface area contributed by atoms with Gasteiger partial charge in [0.05, 0.1) is 11.4 Å². The number of hydrogen-bond acceptors (Lipinski definition) is 6. The van der Waals surface area contributed by atoms with Crippen LogP contribution in [0.5, 0.6) is 11.5 Å². The fourth-order valence-electron chi connectivity index (χ4n) is 4.30. The molecule has 226 valence electrons. The number of urea groups is 1. The highest BCUT2D eigenvalue weighted by Gasteiger charge is 2.22. The maximum absolute atomic E-state index is 13.2. The number of aromatic nitrogens is 3. The molecule has 2 aromatic carbocycles. The molecule has 10 heteroatoms. The topological polar surface area (TPSA) is 119 Å². The van der Waals surface area contributed by atoms with Crippen LogP contribution in [-0.2, 0) is 14.9 Å². The lowest BCUT2D eigenvalue weighted by atomic mass is 9.92. The average molecular weight is 585 g/mol. The van der Waals surface area contributed by atoms with Crippen molar-refractivity contribution in [2.75, 3.05) is 29.7 Å². The van der Waals surface area contributed by atoms with Crippen LogP contribution in [0.2, 0.25) is 0 Å². The van der Waals surface area contributed by atoms with Crippen LogP contribution in [0.3, 0.4) is 0 Å². The molecule has 0 spiro atoms. The Bertz CT molecular complexity index is 1570. The van der Waals surface area contributed by atoms with Crippen LogP contribution < -0.4 is 20.7 Å². The van der Waals surface area contributed by atoms with Crippen LogP contribution in [0.15, 0.2) is 66.9 Å². The Labute approximate surface area is 252 Å².